The van der Waals surface area contributed by atoms with Crippen molar-refractivity contribution >= 4 is 44.8 Å². The van der Waals surface area contributed by atoms with E-state index < -0.39 is 12.1 Å². The van der Waals surface area contributed by atoms with Crippen LogP contribution in [0.4, 0.5) is 0 Å². The van der Waals surface area contributed by atoms with Gasteiger partial charge in [0.15, 0.2) is 6.10 Å². The number of halogens is 1. The highest BCUT2D eigenvalue weighted by atomic mass is 35.5. The molecule has 3 aromatic carbocycles. The number of fused-ring (bicyclic) bond motifs is 2. The smallest absolute Gasteiger partial charge is 0.337 e. The summed E-state index contributed by atoms with van der Waals surface area (Å²) in [4.78, 5) is 25.2. The van der Waals surface area contributed by atoms with E-state index in [1.807, 2.05) is 37.3 Å². The van der Waals surface area contributed by atoms with E-state index in [1.54, 1.807) is 11.3 Å². The van der Waals surface area contributed by atoms with Crippen LogP contribution < -0.4 is 0 Å². The zero-order valence-corrected chi connectivity index (χ0v) is 25.8. The SMILES string of the molecule is Cc1cc2nc(-c3ccc4c(c3)C(C3CN(C(C)C)C3)=NC4C)sc2c(-c2ccc(Cl)cc2)c1[C@H](OC1CC1)C(=O)O. The van der Waals surface area contributed by atoms with Gasteiger partial charge in [0.2, 0.25) is 0 Å². The second-order valence-electron chi connectivity index (χ2n) is 12.1. The summed E-state index contributed by atoms with van der Waals surface area (Å²) < 4.78 is 7.04. The predicted octanol–water partition coefficient (Wildman–Crippen LogP) is 8.10. The van der Waals surface area contributed by atoms with Crippen LogP contribution in [0.5, 0.6) is 0 Å². The van der Waals surface area contributed by atoms with Crippen molar-refractivity contribution in [3.63, 3.8) is 0 Å². The van der Waals surface area contributed by atoms with Gasteiger partial charge in [0.05, 0.1) is 22.4 Å². The molecule has 0 amide bonds. The Bertz CT molecular complexity index is 1740. The number of carbonyl (C=O) groups is 1. The fraction of sp³-hybridized carbons (Fsp3) is 0.382. The molecule has 0 bridgehead atoms. The zero-order valence-electron chi connectivity index (χ0n) is 24.2. The molecule has 1 saturated heterocycles. The zero-order chi connectivity index (χ0) is 29.3. The molecule has 2 aliphatic heterocycles. The lowest BCUT2D eigenvalue weighted by Crippen LogP contribution is -2.53. The third-order valence-corrected chi connectivity index (χ3v) is 10.2. The van der Waals surface area contributed by atoms with Gasteiger partial charge in [0, 0.05) is 58.0 Å². The van der Waals surface area contributed by atoms with Gasteiger partial charge in [0.25, 0.3) is 0 Å². The Morgan fingerprint density at radius 1 is 1.10 bits per heavy atom. The molecule has 42 heavy (non-hydrogen) atoms. The van der Waals surface area contributed by atoms with Crippen molar-refractivity contribution in [2.45, 2.75) is 64.8 Å². The third kappa shape index (κ3) is 4.86. The second-order valence-corrected chi connectivity index (χ2v) is 13.6. The quantitative estimate of drug-likeness (QED) is 0.221. The maximum absolute atomic E-state index is 12.6. The molecule has 0 radical (unpaired) electrons. The van der Waals surface area contributed by atoms with Crippen molar-refractivity contribution in [3.8, 4) is 21.7 Å². The number of aliphatic carboxylic acids is 1. The van der Waals surface area contributed by atoms with Crippen molar-refractivity contribution in [1.82, 2.24) is 9.88 Å². The van der Waals surface area contributed by atoms with Crippen molar-refractivity contribution in [3.05, 3.63) is 75.8 Å². The van der Waals surface area contributed by atoms with Gasteiger partial charge in [-0.3, -0.25) is 9.89 Å². The van der Waals surface area contributed by atoms with Gasteiger partial charge < -0.3 is 9.84 Å². The molecule has 7 rings (SSSR count). The molecule has 216 valence electrons. The predicted molar refractivity (Wildman–Crippen MR) is 170 cm³/mol. The molecular weight excluding hydrogens is 566 g/mol. The van der Waals surface area contributed by atoms with Crippen molar-refractivity contribution in [2.75, 3.05) is 13.1 Å². The minimum absolute atomic E-state index is 0.00997. The number of hydrogen-bond acceptors (Lipinski definition) is 6. The average molecular weight is 600 g/mol. The lowest BCUT2D eigenvalue weighted by atomic mass is 9.87. The van der Waals surface area contributed by atoms with E-state index in [4.69, 9.17) is 26.3 Å². The fourth-order valence-corrected chi connectivity index (χ4v) is 7.52. The average Bonchev–Trinajstić information content (AvgIpc) is 3.57. The Kier molecular flexibility index (Phi) is 6.97. The summed E-state index contributed by atoms with van der Waals surface area (Å²) in [5.41, 5.74) is 8.96. The molecular formula is C34H34ClN3O3S. The summed E-state index contributed by atoms with van der Waals surface area (Å²) in [7, 11) is 0. The fourth-order valence-electron chi connectivity index (χ4n) is 6.28. The van der Waals surface area contributed by atoms with Gasteiger partial charge in [-0.25, -0.2) is 9.78 Å². The number of carboxylic acid groups (broad SMARTS) is 1. The monoisotopic (exact) mass is 599 g/mol. The van der Waals surface area contributed by atoms with Crippen LogP contribution in [0.3, 0.4) is 0 Å². The first kappa shape index (κ1) is 27.7. The molecule has 2 atom stereocenters. The van der Waals surface area contributed by atoms with Crippen molar-refractivity contribution in [1.29, 1.82) is 0 Å². The van der Waals surface area contributed by atoms with Gasteiger partial charge in [-0.05, 0) is 81.5 Å². The molecule has 1 aromatic heterocycles. The largest absolute Gasteiger partial charge is 0.479 e. The van der Waals surface area contributed by atoms with Crippen LogP contribution in [0.1, 0.15) is 68.0 Å². The highest BCUT2D eigenvalue weighted by Gasteiger charge is 2.37. The number of nitrogens with zero attached hydrogens (tertiary/aromatic N) is 3. The molecule has 3 heterocycles. The van der Waals surface area contributed by atoms with E-state index in [-0.39, 0.29) is 12.1 Å². The topological polar surface area (TPSA) is 75.0 Å². The van der Waals surface area contributed by atoms with Crippen LogP contribution in [0.25, 0.3) is 31.9 Å². The first-order valence-corrected chi connectivity index (χ1v) is 15.9. The number of likely N-dealkylation sites (tertiary alicyclic amines) is 1. The molecule has 1 saturated carbocycles. The Labute approximate surface area is 255 Å². The highest BCUT2D eigenvalue weighted by Crippen LogP contribution is 2.46. The number of benzene rings is 3. The summed E-state index contributed by atoms with van der Waals surface area (Å²) in [5.74, 6) is -0.515. The van der Waals surface area contributed by atoms with Gasteiger partial charge in [-0.15, -0.1) is 11.3 Å². The summed E-state index contributed by atoms with van der Waals surface area (Å²) >= 11 is 7.85. The van der Waals surface area contributed by atoms with E-state index in [1.165, 1.54) is 16.8 Å². The molecule has 2 fully saturated rings. The lowest BCUT2D eigenvalue weighted by molar-refractivity contribution is -0.151. The molecule has 0 spiro atoms. The number of rotatable bonds is 8. The standard InChI is InChI=1S/C34H34ClN3O3S/c1-17(2)38-15-22(16-38)30-26-14-21(7-12-25(26)19(4)36-30)33-37-27-13-18(3)28(31(34(39)40)41-24-10-11-24)29(32(27)42-33)20-5-8-23(35)9-6-20/h5-9,12-14,17,19,22,24,31H,10-11,15-16H2,1-4H3,(H,39,40)/t19?,31-/m0/s1. The molecule has 1 aliphatic carbocycles. The van der Waals surface area contributed by atoms with E-state index in [2.05, 4.69) is 43.9 Å². The normalized spacial score (nSPS) is 19.7. The number of aryl methyl sites for hydroxylation is 1. The van der Waals surface area contributed by atoms with Crippen LogP contribution in [0, 0.1) is 12.8 Å². The third-order valence-electron chi connectivity index (χ3n) is 8.79. The summed E-state index contributed by atoms with van der Waals surface area (Å²) in [6.45, 7) is 10.7. The number of aliphatic imine (C=N–C) groups is 1. The van der Waals surface area contributed by atoms with Crippen LogP contribution >= 0.6 is 22.9 Å². The molecule has 8 heteroatoms. The second kappa shape index (κ2) is 10.6. The van der Waals surface area contributed by atoms with E-state index in [0.717, 1.165) is 63.4 Å². The van der Waals surface area contributed by atoms with Crippen LogP contribution in [0.2, 0.25) is 5.02 Å². The molecule has 4 aromatic rings. The summed E-state index contributed by atoms with van der Waals surface area (Å²) in [6, 6.07) is 16.9. The van der Waals surface area contributed by atoms with Crippen LogP contribution in [-0.2, 0) is 9.53 Å². The highest BCUT2D eigenvalue weighted by molar-refractivity contribution is 7.22. The first-order chi connectivity index (χ1) is 20.2. The summed E-state index contributed by atoms with van der Waals surface area (Å²) in [5, 5.41) is 11.8. The lowest BCUT2D eigenvalue weighted by Gasteiger charge is -2.42. The number of hydrogen-bond donors (Lipinski definition) is 1. The maximum Gasteiger partial charge on any atom is 0.337 e. The van der Waals surface area contributed by atoms with Crippen molar-refractivity contribution < 1.29 is 14.6 Å². The van der Waals surface area contributed by atoms with E-state index >= 15 is 0 Å². The number of thiazole rings is 1. The van der Waals surface area contributed by atoms with Gasteiger partial charge in [-0.1, -0.05) is 35.9 Å². The Hall–Kier alpha value is -3.10. The molecule has 3 aliphatic rings. The Morgan fingerprint density at radius 3 is 2.48 bits per heavy atom. The van der Waals surface area contributed by atoms with E-state index in [9.17, 15) is 9.90 Å². The van der Waals surface area contributed by atoms with Crippen LogP contribution in [-0.4, -0.2) is 51.9 Å². The Balaban J connectivity index is 1.34. The van der Waals surface area contributed by atoms with Crippen LogP contribution in [0.15, 0.2) is 53.5 Å². The molecule has 1 unspecified atom stereocenters. The van der Waals surface area contributed by atoms with Gasteiger partial charge in [0.1, 0.15) is 5.01 Å². The minimum Gasteiger partial charge on any atom is -0.479 e. The first-order valence-electron chi connectivity index (χ1n) is 14.7. The van der Waals surface area contributed by atoms with Gasteiger partial charge in [-0.2, -0.15) is 0 Å². The maximum atomic E-state index is 12.6. The van der Waals surface area contributed by atoms with Crippen molar-refractivity contribution in [2.24, 2.45) is 10.9 Å². The molecule has 6 nitrogen and oxygen atoms in total. The molecule has 1 N–H and O–H groups in total. The van der Waals surface area contributed by atoms with Gasteiger partial charge >= 0.3 is 5.97 Å². The van der Waals surface area contributed by atoms with E-state index in [0.29, 0.717) is 22.5 Å². The minimum atomic E-state index is -1.05. The Morgan fingerprint density at radius 2 is 1.81 bits per heavy atom. The number of carboxylic acids is 1. The summed E-state index contributed by atoms with van der Waals surface area (Å²) in [6.07, 6.45) is 0.727. The number of ether oxygens (including phenoxy) is 1. The number of aromatic nitrogens is 1.